The summed E-state index contributed by atoms with van der Waals surface area (Å²) in [4.78, 5) is 40.2. The number of benzene rings is 2. The SMILES string of the molecule is COC(=O)C(CCCN=C(N)N)NC(=O)CNC(=O)c1ccc(N=Nc2ccccc2)cc1.Cl. The molecule has 2 aromatic rings. The van der Waals surface area contributed by atoms with Gasteiger partial charge in [-0.15, -0.1) is 12.4 Å². The summed E-state index contributed by atoms with van der Waals surface area (Å²) in [6.45, 7) is -0.000953. The monoisotopic (exact) mass is 489 g/mol. The summed E-state index contributed by atoms with van der Waals surface area (Å²) in [6.07, 6.45) is 0.737. The summed E-state index contributed by atoms with van der Waals surface area (Å²) >= 11 is 0. The van der Waals surface area contributed by atoms with Gasteiger partial charge < -0.3 is 26.8 Å². The third-order valence-corrected chi connectivity index (χ3v) is 4.34. The normalized spacial score (nSPS) is 11.1. The lowest BCUT2D eigenvalue weighted by Crippen LogP contribution is -2.46. The van der Waals surface area contributed by atoms with Gasteiger partial charge in [0.15, 0.2) is 5.96 Å². The van der Waals surface area contributed by atoms with Crippen LogP contribution in [0.4, 0.5) is 11.4 Å². The summed E-state index contributed by atoms with van der Waals surface area (Å²) in [7, 11) is 1.22. The Hall–Kier alpha value is -3.99. The van der Waals surface area contributed by atoms with Gasteiger partial charge in [0.05, 0.1) is 25.0 Å². The number of azo groups is 1. The van der Waals surface area contributed by atoms with E-state index in [0.29, 0.717) is 29.9 Å². The number of rotatable bonds is 11. The van der Waals surface area contributed by atoms with E-state index in [1.165, 1.54) is 7.11 Å². The Balaban J connectivity index is 0.00000578. The fourth-order valence-corrected chi connectivity index (χ4v) is 2.69. The van der Waals surface area contributed by atoms with Crippen molar-refractivity contribution in [2.75, 3.05) is 20.2 Å². The average molecular weight is 490 g/mol. The van der Waals surface area contributed by atoms with E-state index in [1.807, 2.05) is 30.3 Å². The fraction of sp³-hybridized carbons (Fsp3) is 0.273. The molecule has 34 heavy (non-hydrogen) atoms. The van der Waals surface area contributed by atoms with Crippen LogP contribution < -0.4 is 22.1 Å². The Morgan fingerprint density at radius 1 is 0.971 bits per heavy atom. The van der Waals surface area contributed by atoms with Crippen LogP contribution in [-0.2, 0) is 14.3 Å². The molecule has 2 rings (SSSR count). The number of carbonyl (C=O) groups excluding carboxylic acids is 3. The van der Waals surface area contributed by atoms with Crippen LogP contribution in [0.5, 0.6) is 0 Å². The maximum atomic E-state index is 12.3. The van der Waals surface area contributed by atoms with Crippen LogP contribution in [0.2, 0.25) is 0 Å². The molecule has 0 saturated heterocycles. The zero-order chi connectivity index (χ0) is 24.1. The molecule has 0 aliphatic heterocycles. The first kappa shape index (κ1) is 28.0. The number of hydrogen-bond donors (Lipinski definition) is 4. The quantitative estimate of drug-likeness (QED) is 0.123. The lowest BCUT2D eigenvalue weighted by Gasteiger charge is -2.16. The van der Waals surface area contributed by atoms with Gasteiger partial charge in [-0.1, -0.05) is 18.2 Å². The number of aliphatic imine (C=N–C) groups is 1. The van der Waals surface area contributed by atoms with Gasteiger partial charge in [-0.05, 0) is 49.2 Å². The maximum Gasteiger partial charge on any atom is 0.328 e. The van der Waals surface area contributed by atoms with E-state index in [1.54, 1.807) is 24.3 Å². The van der Waals surface area contributed by atoms with Gasteiger partial charge in [0.2, 0.25) is 5.91 Å². The summed E-state index contributed by atoms with van der Waals surface area (Å²) in [6, 6.07) is 14.8. The van der Waals surface area contributed by atoms with Crippen LogP contribution in [0.15, 0.2) is 69.8 Å². The van der Waals surface area contributed by atoms with Crippen LogP contribution in [0.25, 0.3) is 0 Å². The molecule has 0 fully saturated rings. The third kappa shape index (κ3) is 10.1. The van der Waals surface area contributed by atoms with Crippen LogP contribution in [0.1, 0.15) is 23.2 Å². The number of carbonyl (C=O) groups is 3. The lowest BCUT2D eigenvalue weighted by molar-refractivity contribution is -0.145. The number of nitrogens with two attached hydrogens (primary N) is 2. The Bertz CT molecular complexity index is 994. The maximum absolute atomic E-state index is 12.3. The smallest absolute Gasteiger partial charge is 0.328 e. The van der Waals surface area contributed by atoms with Crippen molar-refractivity contribution in [2.45, 2.75) is 18.9 Å². The lowest BCUT2D eigenvalue weighted by atomic mass is 10.1. The van der Waals surface area contributed by atoms with Crippen molar-refractivity contribution in [3.05, 3.63) is 60.2 Å². The Morgan fingerprint density at radius 3 is 2.18 bits per heavy atom. The van der Waals surface area contributed by atoms with Gasteiger partial charge in [-0.3, -0.25) is 14.6 Å². The highest BCUT2D eigenvalue weighted by Crippen LogP contribution is 2.18. The number of nitrogens with one attached hydrogen (secondary N) is 2. The number of nitrogens with zero attached hydrogens (tertiary/aromatic N) is 3. The number of guanidine groups is 1. The van der Waals surface area contributed by atoms with Crippen LogP contribution in [0.3, 0.4) is 0 Å². The van der Waals surface area contributed by atoms with Crippen molar-refractivity contribution in [2.24, 2.45) is 26.7 Å². The molecule has 1 atom stereocenters. The molecule has 0 aliphatic rings. The zero-order valence-corrected chi connectivity index (χ0v) is 19.5. The molecule has 6 N–H and O–H groups in total. The first-order valence-corrected chi connectivity index (χ1v) is 10.2. The van der Waals surface area contributed by atoms with E-state index < -0.39 is 23.8 Å². The van der Waals surface area contributed by atoms with Crippen molar-refractivity contribution in [1.82, 2.24) is 10.6 Å². The van der Waals surface area contributed by atoms with E-state index in [9.17, 15) is 14.4 Å². The fourth-order valence-electron chi connectivity index (χ4n) is 2.69. The van der Waals surface area contributed by atoms with Gasteiger partial charge in [-0.2, -0.15) is 10.2 Å². The molecule has 0 bridgehead atoms. The second kappa shape index (κ2) is 15.0. The highest BCUT2D eigenvalue weighted by molar-refractivity contribution is 5.97. The zero-order valence-electron chi connectivity index (χ0n) is 18.6. The first-order chi connectivity index (χ1) is 15.9. The van der Waals surface area contributed by atoms with Crippen molar-refractivity contribution >= 4 is 47.5 Å². The predicted molar refractivity (Wildman–Crippen MR) is 130 cm³/mol. The molecule has 0 heterocycles. The largest absolute Gasteiger partial charge is 0.467 e. The first-order valence-electron chi connectivity index (χ1n) is 10.2. The van der Waals surface area contributed by atoms with Crippen molar-refractivity contribution in [3.8, 4) is 0 Å². The van der Waals surface area contributed by atoms with E-state index in [0.717, 1.165) is 0 Å². The number of amides is 2. The molecule has 0 saturated carbocycles. The van der Waals surface area contributed by atoms with Gasteiger partial charge >= 0.3 is 5.97 Å². The van der Waals surface area contributed by atoms with Gasteiger partial charge in [0.25, 0.3) is 5.91 Å². The van der Waals surface area contributed by atoms with Gasteiger partial charge in [0, 0.05) is 12.1 Å². The summed E-state index contributed by atoms with van der Waals surface area (Å²) in [5, 5.41) is 13.3. The highest BCUT2D eigenvalue weighted by atomic mass is 35.5. The minimum atomic E-state index is -0.872. The number of methoxy groups -OCH3 is 1. The molecule has 11 nitrogen and oxygen atoms in total. The Morgan fingerprint density at radius 2 is 1.59 bits per heavy atom. The molecule has 2 aromatic carbocycles. The molecule has 0 aliphatic carbocycles. The van der Waals surface area contributed by atoms with Crippen LogP contribution >= 0.6 is 12.4 Å². The minimum Gasteiger partial charge on any atom is -0.467 e. The van der Waals surface area contributed by atoms with E-state index in [2.05, 4.69) is 25.9 Å². The molecular formula is C22H28ClN7O4. The Kier molecular flexibility index (Phi) is 12.3. The molecule has 0 radical (unpaired) electrons. The molecule has 12 heteroatoms. The third-order valence-electron chi connectivity index (χ3n) is 4.34. The molecular weight excluding hydrogens is 462 g/mol. The molecule has 182 valence electrons. The standard InChI is InChI=1S/C22H27N7O4.ClH/c1-33-21(32)18(8-5-13-25-22(23)24)27-19(30)14-26-20(31)15-9-11-17(12-10-15)29-28-16-6-3-2-4-7-16;/h2-4,6-7,9-12,18H,5,8,13-14H2,1H3,(H,26,31)(H,27,30)(H4,23,24,25);1H. The molecule has 0 spiro atoms. The van der Waals surface area contributed by atoms with Crippen molar-refractivity contribution in [3.63, 3.8) is 0 Å². The highest BCUT2D eigenvalue weighted by Gasteiger charge is 2.21. The molecule has 2 amide bonds. The average Bonchev–Trinajstić information content (AvgIpc) is 2.83. The van der Waals surface area contributed by atoms with Gasteiger partial charge in [0.1, 0.15) is 6.04 Å². The van der Waals surface area contributed by atoms with E-state index in [4.69, 9.17) is 16.2 Å². The van der Waals surface area contributed by atoms with E-state index in [-0.39, 0.29) is 31.3 Å². The minimum absolute atomic E-state index is 0. The predicted octanol–water partition coefficient (Wildman–Crippen LogP) is 1.97. The number of esters is 1. The second-order valence-corrected chi connectivity index (χ2v) is 6.86. The van der Waals surface area contributed by atoms with Crippen molar-refractivity contribution in [1.29, 1.82) is 0 Å². The van der Waals surface area contributed by atoms with Gasteiger partial charge in [-0.25, -0.2) is 4.79 Å². The number of ether oxygens (including phenoxy) is 1. The summed E-state index contributed by atoms with van der Waals surface area (Å²) in [5.41, 5.74) is 12.2. The Labute approximate surface area is 203 Å². The molecule has 0 aromatic heterocycles. The van der Waals surface area contributed by atoms with Crippen molar-refractivity contribution < 1.29 is 19.1 Å². The number of halogens is 1. The van der Waals surface area contributed by atoms with E-state index >= 15 is 0 Å². The summed E-state index contributed by atoms with van der Waals surface area (Å²) in [5.74, 6) is -1.63. The second-order valence-electron chi connectivity index (χ2n) is 6.86. The molecule has 1 unspecified atom stereocenters. The van der Waals surface area contributed by atoms with Crippen LogP contribution in [0, 0.1) is 0 Å². The number of hydrogen-bond acceptors (Lipinski definition) is 7. The summed E-state index contributed by atoms with van der Waals surface area (Å²) < 4.78 is 4.70. The van der Waals surface area contributed by atoms with Crippen LogP contribution in [-0.4, -0.2) is 50.0 Å². The topological polar surface area (TPSA) is 174 Å².